The summed E-state index contributed by atoms with van der Waals surface area (Å²) in [5, 5.41) is 34.4. The summed E-state index contributed by atoms with van der Waals surface area (Å²) in [7, 11) is 0. The Morgan fingerprint density at radius 3 is 0.704 bits per heavy atom. The standard InChI is InChI=1S/C65H124O6/c1-4-7-10-13-16-19-22-25-28-30-32-34-37-39-42-45-48-51-54-57-60(66)63(69)65(71,62(68)59-56-53-50-47-44-41-36-27-24-21-18-15-12-9-6-3)64(70)61(67)58-55-52-49-46-43-40-38-35-33-31-29-26-23-20-17-14-11-8-5-2/h27,36,63-64,69-71H,4-26,28-35,37-59H2,1-3H3. The van der Waals surface area contributed by atoms with E-state index >= 15 is 0 Å². The van der Waals surface area contributed by atoms with E-state index in [0.29, 0.717) is 19.3 Å². The fourth-order valence-corrected chi connectivity index (χ4v) is 10.5. The summed E-state index contributed by atoms with van der Waals surface area (Å²) in [6, 6.07) is 0. The van der Waals surface area contributed by atoms with Crippen LogP contribution in [0.3, 0.4) is 0 Å². The highest BCUT2D eigenvalue weighted by Gasteiger charge is 2.53. The third-order valence-corrected chi connectivity index (χ3v) is 15.6. The monoisotopic (exact) mass is 1000 g/mol. The number of aliphatic hydroxyl groups excluding tert-OH is 2. The first-order valence-electron chi connectivity index (χ1n) is 32.1. The van der Waals surface area contributed by atoms with Crippen molar-refractivity contribution in [3.8, 4) is 0 Å². The summed E-state index contributed by atoms with van der Waals surface area (Å²) >= 11 is 0. The van der Waals surface area contributed by atoms with Gasteiger partial charge in [-0.15, -0.1) is 0 Å². The normalized spacial score (nSPS) is 13.5. The second-order valence-corrected chi connectivity index (χ2v) is 22.5. The van der Waals surface area contributed by atoms with Crippen LogP contribution in [0.2, 0.25) is 0 Å². The van der Waals surface area contributed by atoms with Gasteiger partial charge in [-0.05, 0) is 44.9 Å². The van der Waals surface area contributed by atoms with Gasteiger partial charge in [0, 0.05) is 19.3 Å². The maximum absolute atomic E-state index is 13.7. The average Bonchev–Trinajstić information content (AvgIpc) is 3.37. The Bertz CT molecular complexity index is 1100. The first-order valence-corrected chi connectivity index (χ1v) is 32.1. The van der Waals surface area contributed by atoms with Crippen molar-refractivity contribution >= 4 is 17.3 Å². The number of rotatable bonds is 60. The topological polar surface area (TPSA) is 112 Å². The molecule has 0 aliphatic carbocycles. The van der Waals surface area contributed by atoms with Crippen molar-refractivity contribution in [2.24, 2.45) is 0 Å². The van der Waals surface area contributed by atoms with Crippen molar-refractivity contribution < 1.29 is 29.7 Å². The van der Waals surface area contributed by atoms with E-state index in [4.69, 9.17) is 0 Å². The SMILES string of the molecule is CCCCCCCCC=CCCCCCCCC(=O)C(O)(C(O)C(=O)CCCCCCCCCCCCCCCCCCCCC)C(O)C(=O)CCCCCCCCCCCCCCCCCCCCC. The van der Waals surface area contributed by atoms with Crippen molar-refractivity contribution in [2.75, 3.05) is 0 Å². The number of hydrogen-bond acceptors (Lipinski definition) is 6. The van der Waals surface area contributed by atoms with Gasteiger partial charge in [-0.3, -0.25) is 14.4 Å². The fourth-order valence-electron chi connectivity index (χ4n) is 10.5. The summed E-state index contributed by atoms with van der Waals surface area (Å²) < 4.78 is 0. The van der Waals surface area contributed by atoms with E-state index < -0.39 is 35.2 Å². The minimum atomic E-state index is -2.81. The first kappa shape index (κ1) is 69.6. The van der Waals surface area contributed by atoms with Gasteiger partial charge in [0.2, 0.25) is 0 Å². The lowest BCUT2D eigenvalue weighted by atomic mass is 9.78. The number of carbonyl (C=O) groups is 3. The zero-order valence-electron chi connectivity index (χ0n) is 48.1. The van der Waals surface area contributed by atoms with E-state index in [2.05, 4.69) is 32.9 Å². The van der Waals surface area contributed by atoms with Gasteiger partial charge in [-0.1, -0.05) is 315 Å². The molecule has 3 N–H and O–H groups in total. The zero-order chi connectivity index (χ0) is 52.0. The first-order chi connectivity index (χ1) is 34.8. The molecule has 2 unspecified atom stereocenters. The Kier molecular flexibility index (Phi) is 53.8. The van der Waals surface area contributed by atoms with E-state index in [0.717, 1.165) is 77.0 Å². The van der Waals surface area contributed by atoms with Gasteiger partial charge < -0.3 is 15.3 Å². The largest absolute Gasteiger partial charge is 0.382 e. The smallest absolute Gasteiger partial charge is 0.189 e. The van der Waals surface area contributed by atoms with Crippen LogP contribution in [-0.2, 0) is 14.4 Å². The Balaban J connectivity index is 4.65. The van der Waals surface area contributed by atoms with Crippen molar-refractivity contribution in [3.05, 3.63) is 12.2 Å². The number of unbranched alkanes of at least 4 members (excludes halogenated alkanes) is 47. The average molecular weight is 1000 g/mol. The van der Waals surface area contributed by atoms with Crippen molar-refractivity contribution in [1.82, 2.24) is 0 Å². The van der Waals surface area contributed by atoms with E-state index in [-0.39, 0.29) is 19.3 Å². The number of allylic oxidation sites excluding steroid dienone is 2. The summed E-state index contributed by atoms with van der Waals surface area (Å²) in [5.41, 5.74) is -2.81. The van der Waals surface area contributed by atoms with E-state index in [1.165, 1.54) is 231 Å². The fraction of sp³-hybridized carbons (Fsp3) is 0.923. The van der Waals surface area contributed by atoms with E-state index in [1.807, 2.05) is 0 Å². The third kappa shape index (κ3) is 43.6. The predicted molar refractivity (Wildman–Crippen MR) is 307 cm³/mol. The number of ketones is 3. The molecule has 0 aromatic rings. The van der Waals surface area contributed by atoms with Crippen molar-refractivity contribution in [3.63, 3.8) is 0 Å². The molecule has 0 rings (SSSR count). The molecular formula is C65H124O6. The summed E-state index contributed by atoms with van der Waals surface area (Å²) in [5.74, 6) is -2.11. The lowest BCUT2D eigenvalue weighted by molar-refractivity contribution is -0.181. The Morgan fingerprint density at radius 2 is 0.479 bits per heavy atom. The van der Waals surface area contributed by atoms with Crippen LogP contribution < -0.4 is 0 Å². The van der Waals surface area contributed by atoms with Crippen LogP contribution in [0.1, 0.15) is 367 Å². The maximum Gasteiger partial charge on any atom is 0.189 e. The van der Waals surface area contributed by atoms with Crippen LogP contribution >= 0.6 is 0 Å². The molecule has 6 heteroatoms. The molecule has 0 aliphatic rings. The molecule has 0 fully saturated rings. The molecule has 0 bridgehead atoms. The molecule has 0 aromatic carbocycles. The molecule has 71 heavy (non-hydrogen) atoms. The summed E-state index contributed by atoms with van der Waals surface area (Å²) in [4.78, 5) is 40.4. The van der Waals surface area contributed by atoms with E-state index in [9.17, 15) is 29.7 Å². The molecule has 0 aromatic heterocycles. The van der Waals surface area contributed by atoms with Gasteiger partial charge in [-0.2, -0.15) is 0 Å². The number of hydrogen-bond donors (Lipinski definition) is 3. The van der Waals surface area contributed by atoms with Crippen molar-refractivity contribution in [1.29, 1.82) is 0 Å². The van der Waals surface area contributed by atoms with Crippen LogP contribution in [0.4, 0.5) is 0 Å². The highest BCUT2D eigenvalue weighted by atomic mass is 16.4. The number of aliphatic hydroxyl groups is 3. The van der Waals surface area contributed by atoms with Crippen LogP contribution in [0, 0.1) is 0 Å². The zero-order valence-corrected chi connectivity index (χ0v) is 48.1. The molecule has 0 saturated carbocycles. The quantitative estimate of drug-likeness (QED) is 0.0413. The Morgan fingerprint density at radius 1 is 0.296 bits per heavy atom. The summed E-state index contributed by atoms with van der Waals surface area (Å²) in [6.07, 6.45) is 62.2. The van der Waals surface area contributed by atoms with Gasteiger partial charge in [0.15, 0.2) is 35.2 Å². The van der Waals surface area contributed by atoms with Gasteiger partial charge in [0.05, 0.1) is 0 Å². The lowest BCUT2D eigenvalue weighted by Crippen LogP contribution is -2.63. The van der Waals surface area contributed by atoms with Crippen LogP contribution in [0.15, 0.2) is 12.2 Å². The van der Waals surface area contributed by atoms with Gasteiger partial charge in [0.1, 0.15) is 0 Å². The molecule has 0 aliphatic heterocycles. The van der Waals surface area contributed by atoms with Crippen LogP contribution in [0.5, 0.6) is 0 Å². The van der Waals surface area contributed by atoms with Crippen molar-refractivity contribution in [2.45, 2.75) is 385 Å². The van der Waals surface area contributed by atoms with Crippen LogP contribution in [0.25, 0.3) is 0 Å². The molecule has 6 nitrogen and oxygen atoms in total. The molecule has 0 amide bonds. The Hall–Kier alpha value is -1.37. The molecule has 0 saturated heterocycles. The number of Topliss-reactive ketones (excluding diaryl/α,β-unsaturated/α-hetero) is 3. The molecular weight excluding hydrogens is 877 g/mol. The Labute approximate surface area is 442 Å². The van der Waals surface area contributed by atoms with Gasteiger partial charge in [0.25, 0.3) is 0 Å². The second kappa shape index (κ2) is 54.9. The highest BCUT2D eigenvalue weighted by Crippen LogP contribution is 2.27. The minimum absolute atomic E-state index is 0.0171. The highest BCUT2D eigenvalue weighted by molar-refractivity contribution is 6.01. The molecule has 420 valence electrons. The molecule has 0 spiro atoms. The second-order valence-electron chi connectivity index (χ2n) is 22.5. The minimum Gasteiger partial charge on any atom is -0.382 e. The summed E-state index contributed by atoms with van der Waals surface area (Å²) in [6.45, 7) is 6.80. The van der Waals surface area contributed by atoms with Crippen LogP contribution in [-0.4, -0.2) is 50.5 Å². The van der Waals surface area contributed by atoms with Gasteiger partial charge in [-0.25, -0.2) is 0 Å². The lowest BCUT2D eigenvalue weighted by Gasteiger charge is -2.34. The third-order valence-electron chi connectivity index (χ3n) is 15.6. The molecule has 0 radical (unpaired) electrons. The van der Waals surface area contributed by atoms with Gasteiger partial charge >= 0.3 is 0 Å². The molecule has 2 atom stereocenters. The van der Waals surface area contributed by atoms with E-state index in [1.54, 1.807) is 0 Å². The number of carbonyl (C=O) groups excluding carboxylic acids is 3. The molecule has 0 heterocycles. The maximum atomic E-state index is 13.7. The predicted octanol–water partition coefficient (Wildman–Crippen LogP) is 19.8.